The molecule has 1 saturated heterocycles. The maximum Gasteiger partial charge on any atom is 0.315 e. The third-order valence-electron chi connectivity index (χ3n) is 5.45. The largest absolute Gasteiger partial charge is 0.508 e. The second-order valence-corrected chi connectivity index (χ2v) is 7.67. The second kappa shape index (κ2) is 8.09. The summed E-state index contributed by atoms with van der Waals surface area (Å²) in [5.41, 5.74) is 1.10. The molecule has 2 amide bonds. The lowest BCUT2D eigenvalue weighted by Crippen LogP contribution is -2.52. The van der Waals surface area contributed by atoms with Crippen LogP contribution in [0.15, 0.2) is 24.3 Å². The second-order valence-electron chi connectivity index (χ2n) is 7.67. The standard InChI is InChI=1S/C20H30N2O3/c1-15(13-16-5-7-18(23)8-6-16)21-19(24)22-17-9-12-25-20(14-17)10-3-2-4-11-20/h5-8,15,17,23H,2-4,9-14H2,1H3,(H2,21,22,24)/t15-,17-/m0/s1. The summed E-state index contributed by atoms with van der Waals surface area (Å²) in [6.07, 6.45) is 8.61. The predicted octanol–water partition coefficient (Wildman–Crippen LogP) is 3.50. The molecule has 0 unspecified atom stereocenters. The van der Waals surface area contributed by atoms with Crippen LogP contribution in [0, 0.1) is 0 Å². The van der Waals surface area contributed by atoms with Gasteiger partial charge >= 0.3 is 6.03 Å². The van der Waals surface area contributed by atoms with Gasteiger partial charge in [-0.1, -0.05) is 31.4 Å². The van der Waals surface area contributed by atoms with E-state index >= 15 is 0 Å². The van der Waals surface area contributed by atoms with E-state index in [-0.39, 0.29) is 29.5 Å². The molecular weight excluding hydrogens is 316 g/mol. The van der Waals surface area contributed by atoms with Crippen LogP contribution in [0.5, 0.6) is 5.75 Å². The molecular formula is C20H30N2O3. The summed E-state index contributed by atoms with van der Waals surface area (Å²) >= 11 is 0. The third kappa shape index (κ3) is 5.11. The molecule has 1 heterocycles. The van der Waals surface area contributed by atoms with Crippen molar-refractivity contribution in [1.82, 2.24) is 10.6 Å². The van der Waals surface area contributed by atoms with Gasteiger partial charge in [-0.15, -0.1) is 0 Å². The number of carbonyl (C=O) groups is 1. The van der Waals surface area contributed by atoms with Gasteiger partial charge in [0.1, 0.15) is 5.75 Å². The summed E-state index contributed by atoms with van der Waals surface area (Å²) in [5.74, 6) is 0.262. The van der Waals surface area contributed by atoms with Gasteiger partial charge in [0.05, 0.1) is 5.60 Å². The van der Waals surface area contributed by atoms with E-state index in [1.807, 2.05) is 19.1 Å². The van der Waals surface area contributed by atoms with Crippen molar-refractivity contribution in [1.29, 1.82) is 0 Å². The quantitative estimate of drug-likeness (QED) is 0.781. The van der Waals surface area contributed by atoms with Gasteiger partial charge in [0.25, 0.3) is 0 Å². The summed E-state index contributed by atoms with van der Waals surface area (Å²) in [7, 11) is 0. The topological polar surface area (TPSA) is 70.6 Å². The minimum Gasteiger partial charge on any atom is -0.508 e. The first kappa shape index (κ1) is 18.1. The highest BCUT2D eigenvalue weighted by Crippen LogP contribution is 2.38. The zero-order valence-electron chi connectivity index (χ0n) is 15.1. The van der Waals surface area contributed by atoms with E-state index < -0.39 is 0 Å². The number of carbonyl (C=O) groups excluding carboxylic acids is 1. The molecule has 25 heavy (non-hydrogen) atoms. The predicted molar refractivity (Wildman–Crippen MR) is 97.7 cm³/mol. The van der Waals surface area contributed by atoms with Crippen LogP contribution in [-0.2, 0) is 11.2 Å². The van der Waals surface area contributed by atoms with Crippen LogP contribution in [0.2, 0.25) is 0 Å². The molecule has 0 radical (unpaired) electrons. The highest BCUT2D eigenvalue weighted by atomic mass is 16.5. The van der Waals surface area contributed by atoms with E-state index in [9.17, 15) is 9.90 Å². The van der Waals surface area contributed by atoms with Crippen molar-refractivity contribution >= 4 is 6.03 Å². The van der Waals surface area contributed by atoms with E-state index in [1.54, 1.807) is 12.1 Å². The molecule has 2 aliphatic rings. The number of hydrogen-bond acceptors (Lipinski definition) is 3. The molecule has 0 aromatic heterocycles. The number of ether oxygens (including phenoxy) is 1. The number of urea groups is 1. The Bertz CT molecular complexity index is 561. The van der Waals surface area contributed by atoms with Gasteiger partial charge in [-0.2, -0.15) is 0 Å². The molecule has 5 nitrogen and oxygen atoms in total. The van der Waals surface area contributed by atoms with Crippen LogP contribution in [0.4, 0.5) is 4.79 Å². The van der Waals surface area contributed by atoms with Crippen molar-refractivity contribution in [3.05, 3.63) is 29.8 Å². The first-order valence-corrected chi connectivity index (χ1v) is 9.54. The number of nitrogens with one attached hydrogen (secondary N) is 2. The van der Waals surface area contributed by atoms with Crippen molar-refractivity contribution in [2.75, 3.05) is 6.61 Å². The van der Waals surface area contributed by atoms with Crippen LogP contribution in [0.1, 0.15) is 57.4 Å². The van der Waals surface area contributed by atoms with Crippen molar-refractivity contribution in [2.45, 2.75) is 76.0 Å². The Morgan fingerprint density at radius 2 is 2.00 bits per heavy atom. The lowest BCUT2D eigenvalue weighted by molar-refractivity contribution is -0.107. The smallest absolute Gasteiger partial charge is 0.315 e. The average molecular weight is 346 g/mol. The SMILES string of the molecule is C[C@@H](Cc1ccc(O)cc1)NC(=O)N[C@H]1CCOC2(CCCCC2)C1. The minimum absolute atomic E-state index is 0.00605. The van der Waals surface area contributed by atoms with E-state index in [0.717, 1.165) is 44.3 Å². The first-order chi connectivity index (χ1) is 12.0. The van der Waals surface area contributed by atoms with Crippen LogP contribution in [0.25, 0.3) is 0 Å². The van der Waals surface area contributed by atoms with Crippen molar-refractivity contribution in [3.8, 4) is 5.75 Å². The van der Waals surface area contributed by atoms with Crippen LogP contribution in [-0.4, -0.2) is 35.4 Å². The Kier molecular flexibility index (Phi) is 5.84. The van der Waals surface area contributed by atoms with Gasteiger partial charge in [0.2, 0.25) is 0 Å². The van der Waals surface area contributed by atoms with E-state index in [1.165, 1.54) is 19.3 Å². The molecule has 3 rings (SSSR count). The highest BCUT2D eigenvalue weighted by Gasteiger charge is 2.38. The summed E-state index contributed by atoms with van der Waals surface area (Å²) in [4.78, 5) is 12.3. The van der Waals surface area contributed by atoms with Gasteiger partial charge in [0, 0.05) is 18.7 Å². The molecule has 138 valence electrons. The van der Waals surface area contributed by atoms with Gasteiger partial charge in [0.15, 0.2) is 0 Å². The molecule has 1 aromatic carbocycles. The fourth-order valence-corrected chi connectivity index (χ4v) is 4.18. The number of phenolic OH excluding ortho intramolecular Hbond substituents is 1. The Labute approximate surface area is 150 Å². The number of benzene rings is 1. The maximum atomic E-state index is 12.3. The average Bonchev–Trinajstić information content (AvgIpc) is 2.57. The number of amides is 2. The van der Waals surface area contributed by atoms with Crippen LogP contribution >= 0.6 is 0 Å². The molecule has 3 N–H and O–H groups in total. The summed E-state index contributed by atoms with van der Waals surface area (Å²) in [6, 6.07) is 7.26. The normalized spacial score (nSPS) is 23.8. The zero-order valence-corrected chi connectivity index (χ0v) is 15.1. The van der Waals surface area contributed by atoms with E-state index in [0.29, 0.717) is 0 Å². The Morgan fingerprint density at radius 1 is 1.28 bits per heavy atom. The first-order valence-electron chi connectivity index (χ1n) is 9.54. The summed E-state index contributed by atoms with van der Waals surface area (Å²) in [5, 5.41) is 15.5. The lowest BCUT2D eigenvalue weighted by Gasteiger charge is -2.43. The minimum atomic E-state index is -0.0934. The van der Waals surface area contributed by atoms with Gasteiger partial charge in [-0.3, -0.25) is 0 Å². The molecule has 1 aromatic rings. The number of rotatable bonds is 4. The Morgan fingerprint density at radius 3 is 2.72 bits per heavy atom. The number of hydrogen-bond donors (Lipinski definition) is 3. The molecule has 1 aliphatic heterocycles. The summed E-state index contributed by atoms with van der Waals surface area (Å²) < 4.78 is 6.10. The summed E-state index contributed by atoms with van der Waals surface area (Å²) in [6.45, 7) is 2.74. The van der Waals surface area contributed by atoms with Crippen molar-refractivity contribution in [3.63, 3.8) is 0 Å². The van der Waals surface area contributed by atoms with Crippen molar-refractivity contribution in [2.24, 2.45) is 0 Å². The molecule has 0 bridgehead atoms. The highest BCUT2D eigenvalue weighted by molar-refractivity contribution is 5.74. The van der Waals surface area contributed by atoms with Crippen LogP contribution in [0.3, 0.4) is 0 Å². The lowest BCUT2D eigenvalue weighted by atomic mass is 9.78. The van der Waals surface area contributed by atoms with Gasteiger partial charge < -0.3 is 20.5 Å². The number of phenols is 1. The molecule has 1 saturated carbocycles. The Hall–Kier alpha value is -1.75. The Balaban J connectivity index is 1.45. The molecule has 1 spiro atoms. The van der Waals surface area contributed by atoms with Gasteiger partial charge in [-0.25, -0.2) is 4.79 Å². The molecule has 1 aliphatic carbocycles. The third-order valence-corrected chi connectivity index (χ3v) is 5.45. The molecule has 5 heteroatoms. The fraction of sp³-hybridized carbons (Fsp3) is 0.650. The van der Waals surface area contributed by atoms with Crippen molar-refractivity contribution < 1.29 is 14.6 Å². The number of aromatic hydroxyl groups is 1. The molecule has 2 atom stereocenters. The maximum absolute atomic E-state index is 12.3. The van der Waals surface area contributed by atoms with E-state index in [2.05, 4.69) is 10.6 Å². The zero-order chi connectivity index (χ0) is 17.7. The van der Waals surface area contributed by atoms with Crippen LogP contribution < -0.4 is 10.6 Å². The van der Waals surface area contributed by atoms with Gasteiger partial charge in [-0.05, 0) is 56.7 Å². The van der Waals surface area contributed by atoms with E-state index in [4.69, 9.17) is 4.74 Å². The fourth-order valence-electron chi connectivity index (χ4n) is 4.18. The molecule has 2 fully saturated rings. The monoisotopic (exact) mass is 346 g/mol.